The van der Waals surface area contributed by atoms with Gasteiger partial charge in [0.05, 0.1) is 23.3 Å². The highest BCUT2D eigenvalue weighted by molar-refractivity contribution is 5.80. The van der Waals surface area contributed by atoms with Gasteiger partial charge >= 0.3 is 6.18 Å². The highest BCUT2D eigenvalue weighted by atomic mass is 19.4. The van der Waals surface area contributed by atoms with Crippen molar-refractivity contribution in [3.8, 4) is 0 Å². The molecule has 0 spiro atoms. The van der Waals surface area contributed by atoms with Crippen molar-refractivity contribution in [1.29, 1.82) is 0 Å². The first-order valence-electron chi connectivity index (χ1n) is 10.2. The molecule has 10 heteroatoms. The molecule has 1 aliphatic carbocycles. The van der Waals surface area contributed by atoms with Crippen LogP contribution in [-0.4, -0.2) is 34.9 Å². The summed E-state index contributed by atoms with van der Waals surface area (Å²) in [5, 5.41) is 11.4. The maximum atomic E-state index is 13.1. The van der Waals surface area contributed by atoms with Crippen molar-refractivity contribution in [2.45, 2.75) is 44.4 Å². The van der Waals surface area contributed by atoms with Gasteiger partial charge in [-0.25, -0.2) is 0 Å². The minimum absolute atomic E-state index is 0.0421. The average Bonchev–Trinajstić information content (AvgIpc) is 3.46. The fourth-order valence-corrected chi connectivity index (χ4v) is 4.06. The second-order valence-electron chi connectivity index (χ2n) is 8.00. The van der Waals surface area contributed by atoms with Crippen molar-refractivity contribution in [3.05, 3.63) is 58.0 Å². The molecule has 2 aliphatic rings. The van der Waals surface area contributed by atoms with Crippen LogP contribution in [0.25, 0.3) is 0 Å². The monoisotopic (exact) mass is 437 g/mol. The Morgan fingerprint density at radius 3 is 2.45 bits per heavy atom. The molecule has 0 unspecified atom stereocenters. The number of halogens is 3. The Morgan fingerprint density at radius 1 is 1.19 bits per heavy atom. The molecule has 1 saturated carbocycles. The molecule has 31 heavy (non-hydrogen) atoms. The minimum Gasteiger partial charge on any atom is -0.467 e. The van der Waals surface area contributed by atoms with Crippen molar-refractivity contribution in [2.24, 2.45) is 5.92 Å². The third-order valence-electron chi connectivity index (χ3n) is 5.86. The summed E-state index contributed by atoms with van der Waals surface area (Å²) in [6, 6.07) is 6.40. The molecule has 0 atom stereocenters. The molecule has 1 aromatic carbocycles. The van der Waals surface area contributed by atoms with Crippen LogP contribution in [0.5, 0.6) is 0 Å². The lowest BCUT2D eigenvalue weighted by molar-refractivity contribution is -0.384. The van der Waals surface area contributed by atoms with Gasteiger partial charge in [-0.15, -0.1) is 0 Å². The lowest BCUT2D eigenvalue weighted by Gasteiger charge is -2.35. The predicted octanol–water partition coefficient (Wildman–Crippen LogP) is 4.61. The number of carbonyl (C=O) groups is 1. The smallest absolute Gasteiger partial charge is 0.416 e. The normalized spacial score (nSPS) is 17.6. The van der Waals surface area contributed by atoms with E-state index < -0.39 is 22.4 Å². The summed E-state index contributed by atoms with van der Waals surface area (Å²) in [7, 11) is 0. The number of alkyl halides is 3. The van der Waals surface area contributed by atoms with Gasteiger partial charge in [0, 0.05) is 31.1 Å². The first kappa shape index (κ1) is 21.2. The van der Waals surface area contributed by atoms with Gasteiger partial charge in [0.25, 0.3) is 5.69 Å². The maximum absolute atomic E-state index is 13.1. The number of carbonyl (C=O) groups excluding carboxylic acids is 1. The summed E-state index contributed by atoms with van der Waals surface area (Å²) in [5.74, 6) is 0.541. The summed E-state index contributed by atoms with van der Waals surface area (Å²) in [5.41, 5.74) is -1.47. The molecule has 0 bridgehead atoms. The molecule has 0 N–H and O–H groups in total. The average molecular weight is 437 g/mol. The van der Waals surface area contributed by atoms with Crippen LogP contribution in [0, 0.1) is 16.0 Å². The van der Waals surface area contributed by atoms with E-state index in [0.717, 1.165) is 30.7 Å². The van der Waals surface area contributed by atoms with Crippen molar-refractivity contribution in [1.82, 2.24) is 4.90 Å². The van der Waals surface area contributed by atoms with Crippen LogP contribution in [0.2, 0.25) is 0 Å². The number of amides is 1. The van der Waals surface area contributed by atoms with Crippen molar-refractivity contribution in [2.75, 3.05) is 18.0 Å². The number of hydrogen-bond acceptors (Lipinski definition) is 5. The first-order valence-corrected chi connectivity index (χ1v) is 10.2. The topological polar surface area (TPSA) is 79.8 Å². The van der Waals surface area contributed by atoms with Crippen LogP contribution < -0.4 is 4.90 Å². The van der Waals surface area contributed by atoms with Gasteiger partial charge in [-0.05, 0) is 49.9 Å². The van der Waals surface area contributed by atoms with E-state index in [2.05, 4.69) is 0 Å². The summed E-state index contributed by atoms with van der Waals surface area (Å²) in [4.78, 5) is 27.2. The van der Waals surface area contributed by atoms with Gasteiger partial charge in [-0.3, -0.25) is 14.9 Å². The fraction of sp³-hybridized carbons (Fsp3) is 0.476. The van der Waals surface area contributed by atoms with Crippen LogP contribution in [0.15, 0.2) is 41.0 Å². The third kappa shape index (κ3) is 4.67. The highest BCUT2D eigenvalue weighted by Crippen LogP contribution is 2.38. The number of benzene rings is 1. The highest BCUT2D eigenvalue weighted by Gasteiger charge is 2.38. The molecule has 2 fully saturated rings. The van der Waals surface area contributed by atoms with Crippen molar-refractivity contribution in [3.63, 3.8) is 0 Å². The fourth-order valence-electron chi connectivity index (χ4n) is 4.06. The van der Waals surface area contributed by atoms with E-state index in [1.165, 1.54) is 0 Å². The van der Waals surface area contributed by atoms with E-state index in [9.17, 15) is 28.1 Å². The van der Waals surface area contributed by atoms with Crippen LogP contribution in [0.3, 0.4) is 0 Å². The van der Waals surface area contributed by atoms with Gasteiger partial charge in [0.15, 0.2) is 0 Å². The minimum atomic E-state index is -4.65. The van der Waals surface area contributed by atoms with Gasteiger partial charge in [0.1, 0.15) is 11.4 Å². The molecule has 1 saturated heterocycles. The molecule has 7 nitrogen and oxygen atoms in total. The van der Waals surface area contributed by atoms with Crippen molar-refractivity contribution < 1.29 is 27.3 Å². The van der Waals surface area contributed by atoms with Crippen molar-refractivity contribution >= 4 is 17.3 Å². The number of piperidine rings is 1. The largest absolute Gasteiger partial charge is 0.467 e. The number of nitrogens with zero attached hydrogens (tertiary/aromatic N) is 3. The summed E-state index contributed by atoms with van der Waals surface area (Å²) < 4.78 is 44.2. The first-order chi connectivity index (χ1) is 14.7. The van der Waals surface area contributed by atoms with Gasteiger partial charge in [-0.2, -0.15) is 13.2 Å². The molecule has 4 rings (SSSR count). The van der Waals surface area contributed by atoms with Crippen LogP contribution >= 0.6 is 0 Å². The molecule has 1 aliphatic heterocycles. The zero-order valence-electron chi connectivity index (χ0n) is 16.7. The molecule has 166 valence electrons. The van der Waals surface area contributed by atoms with Crippen LogP contribution in [-0.2, 0) is 17.5 Å². The second kappa shape index (κ2) is 8.24. The Balaban J connectivity index is 1.44. The molecule has 0 radical (unpaired) electrons. The lowest BCUT2D eigenvalue weighted by Crippen LogP contribution is -2.43. The number of hydrogen-bond donors (Lipinski definition) is 0. The van der Waals surface area contributed by atoms with Gasteiger partial charge in [-0.1, -0.05) is 0 Å². The number of furan rings is 1. The zero-order valence-corrected chi connectivity index (χ0v) is 16.7. The maximum Gasteiger partial charge on any atom is 0.416 e. The molecule has 2 heterocycles. The number of nitro groups is 1. The Bertz CT molecular complexity index is 949. The van der Waals surface area contributed by atoms with Crippen LogP contribution in [0.1, 0.15) is 37.0 Å². The Hall–Kier alpha value is -3.04. The molecule has 2 aromatic rings. The Morgan fingerprint density at radius 2 is 1.90 bits per heavy atom. The number of rotatable bonds is 6. The van der Waals surface area contributed by atoms with Crippen LogP contribution in [0.4, 0.5) is 24.5 Å². The molecule has 1 amide bonds. The predicted molar refractivity (Wildman–Crippen MR) is 105 cm³/mol. The molecular formula is C21H22F3N3O4. The zero-order chi connectivity index (χ0) is 22.2. The van der Waals surface area contributed by atoms with E-state index >= 15 is 0 Å². The van der Waals surface area contributed by atoms with E-state index in [-0.39, 0.29) is 23.6 Å². The number of nitro benzene ring substituents is 1. The molecule has 1 aromatic heterocycles. The van der Waals surface area contributed by atoms with E-state index in [0.29, 0.717) is 38.5 Å². The van der Waals surface area contributed by atoms with Gasteiger partial charge < -0.3 is 14.2 Å². The Labute approximate surface area is 176 Å². The van der Waals surface area contributed by atoms with E-state index in [4.69, 9.17) is 4.42 Å². The quantitative estimate of drug-likeness (QED) is 0.487. The van der Waals surface area contributed by atoms with Gasteiger partial charge in [0.2, 0.25) is 5.91 Å². The summed E-state index contributed by atoms with van der Waals surface area (Å²) >= 11 is 0. The summed E-state index contributed by atoms with van der Waals surface area (Å²) in [6.45, 7) is 1.14. The second-order valence-corrected chi connectivity index (χ2v) is 8.00. The van der Waals surface area contributed by atoms with E-state index in [1.54, 1.807) is 17.2 Å². The number of anilines is 1. The SMILES string of the molecule is O=C(C1CCN(c2ccc(C(F)(F)F)cc2[N+](=O)[O-])CC1)N(Cc1ccco1)C1CC1. The molecular weight excluding hydrogens is 415 g/mol. The summed E-state index contributed by atoms with van der Waals surface area (Å²) in [6.07, 6.45) is -0.188. The lowest BCUT2D eigenvalue weighted by atomic mass is 9.94. The standard InChI is InChI=1S/C21H22F3N3O4/c22-21(23,24)15-3-6-18(19(12-15)27(29)30)25-9-7-14(8-10-25)20(28)26(16-4-5-16)13-17-2-1-11-31-17/h1-3,6,11-12,14,16H,4-5,7-10,13H2. The Kier molecular flexibility index (Phi) is 5.63. The third-order valence-corrected chi connectivity index (χ3v) is 5.86. The van der Waals surface area contributed by atoms with E-state index in [1.807, 2.05) is 11.0 Å².